The van der Waals surface area contributed by atoms with Gasteiger partial charge in [0.2, 0.25) is 10.0 Å². The minimum atomic E-state index is -3.66. The van der Waals surface area contributed by atoms with Gasteiger partial charge in [0.25, 0.3) is 0 Å². The van der Waals surface area contributed by atoms with E-state index in [0.29, 0.717) is 17.6 Å². The van der Waals surface area contributed by atoms with Crippen molar-refractivity contribution in [1.82, 2.24) is 14.3 Å². The van der Waals surface area contributed by atoms with Gasteiger partial charge in [-0.25, -0.2) is 13.4 Å². The highest BCUT2D eigenvalue weighted by Gasteiger charge is 2.32. The summed E-state index contributed by atoms with van der Waals surface area (Å²) in [7, 11) is -3.66. The van der Waals surface area contributed by atoms with E-state index in [2.05, 4.69) is 9.97 Å². The molecule has 1 atom stereocenters. The lowest BCUT2D eigenvalue weighted by Crippen LogP contribution is -2.36. The molecule has 3 aromatic rings. The van der Waals surface area contributed by atoms with Gasteiger partial charge in [-0.05, 0) is 25.1 Å². The Balaban J connectivity index is 1.79. The fourth-order valence-corrected chi connectivity index (χ4v) is 4.66. The van der Waals surface area contributed by atoms with Gasteiger partial charge in [-0.2, -0.15) is 4.31 Å². The zero-order valence-corrected chi connectivity index (χ0v) is 14.0. The first-order valence-electron chi connectivity index (χ1n) is 7.72. The number of rotatable bonds is 2. The topological polar surface area (TPSA) is 75.3 Å². The molecule has 1 aliphatic rings. The molecular formula is C17H17N3O3S. The largest absolute Gasteiger partial charge is 0.489 e. The molecule has 1 aromatic carbocycles. The van der Waals surface area contributed by atoms with Gasteiger partial charge in [-0.3, -0.25) is 0 Å². The number of ether oxygens (including phenoxy) is 1. The molecule has 124 valence electrons. The number of para-hydroxylation sites is 1. The predicted molar refractivity (Wildman–Crippen MR) is 90.2 cm³/mol. The molecule has 2 aromatic heterocycles. The average molecular weight is 343 g/mol. The van der Waals surface area contributed by atoms with Gasteiger partial charge in [0, 0.05) is 29.9 Å². The number of sulfonamides is 1. The average Bonchev–Trinajstić information content (AvgIpc) is 2.92. The number of fused-ring (bicyclic) bond motifs is 2. The third kappa shape index (κ3) is 2.46. The van der Waals surface area contributed by atoms with Gasteiger partial charge in [0.05, 0.1) is 6.54 Å². The molecule has 24 heavy (non-hydrogen) atoms. The summed E-state index contributed by atoms with van der Waals surface area (Å²) >= 11 is 0. The number of aromatic nitrogens is 2. The van der Waals surface area contributed by atoms with Crippen molar-refractivity contribution in [3.63, 3.8) is 0 Å². The van der Waals surface area contributed by atoms with E-state index in [-0.39, 0.29) is 17.5 Å². The van der Waals surface area contributed by atoms with Crippen LogP contribution in [0.2, 0.25) is 0 Å². The third-order valence-corrected chi connectivity index (χ3v) is 5.99. The first-order valence-corrected chi connectivity index (χ1v) is 9.16. The summed E-state index contributed by atoms with van der Waals surface area (Å²) in [6.07, 6.45) is 2.91. The van der Waals surface area contributed by atoms with Crippen molar-refractivity contribution in [1.29, 1.82) is 0 Å². The lowest BCUT2D eigenvalue weighted by atomic mass is 10.2. The quantitative estimate of drug-likeness (QED) is 0.776. The zero-order chi connectivity index (χ0) is 16.7. The van der Waals surface area contributed by atoms with E-state index >= 15 is 0 Å². The molecule has 0 amide bonds. The molecule has 0 spiro atoms. The van der Waals surface area contributed by atoms with E-state index in [4.69, 9.17) is 4.74 Å². The van der Waals surface area contributed by atoms with Crippen LogP contribution in [0.15, 0.2) is 53.7 Å². The Morgan fingerprint density at radius 2 is 2.08 bits per heavy atom. The van der Waals surface area contributed by atoms with E-state index in [1.54, 1.807) is 18.3 Å². The minimum absolute atomic E-state index is 0.230. The minimum Gasteiger partial charge on any atom is -0.489 e. The summed E-state index contributed by atoms with van der Waals surface area (Å²) in [5, 5.41) is 0.601. The number of H-pyrrole nitrogens is 1. The molecule has 0 aliphatic carbocycles. The Bertz CT molecular complexity index is 997. The van der Waals surface area contributed by atoms with E-state index in [9.17, 15) is 8.42 Å². The Labute approximate surface area is 140 Å². The van der Waals surface area contributed by atoms with Crippen molar-refractivity contribution in [3.05, 3.63) is 54.4 Å². The molecular weight excluding hydrogens is 326 g/mol. The van der Waals surface area contributed by atoms with Crippen LogP contribution >= 0.6 is 0 Å². The number of aromatic amines is 1. The third-order valence-electron chi connectivity index (χ3n) is 4.14. The Morgan fingerprint density at radius 1 is 1.25 bits per heavy atom. The lowest BCUT2D eigenvalue weighted by molar-refractivity contribution is 0.201. The maximum atomic E-state index is 13.2. The van der Waals surface area contributed by atoms with Crippen molar-refractivity contribution < 1.29 is 13.2 Å². The number of nitrogens with zero attached hydrogens (tertiary/aromatic N) is 2. The van der Waals surface area contributed by atoms with Crippen LogP contribution in [0.3, 0.4) is 0 Å². The van der Waals surface area contributed by atoms with E-state index < -0.39 is 10.0 Å². The van der Waals surface area contributed by atoms with Gasteiger partial charge in [-0.1, -0.05) is 18.2 Å². The van der Waals surface area contributed by atoms with Crippen LogP contribution in [-0.4, -0.2) is 35.3 Å². The molecule has 1 N–H and O–H groups in total. The van der Waals surface area contributed by atoms with Crippen LogP contribution in [0.1, 0.15) is 12.5 Å². The molecule has 0 bridgehead atoms. The molecule has 0 fully saturated rings. The van der Waals surface area contributed by atoms with Gasteiger partial charge in [0.15, 0.2) is 0 Å². The van der Waals surface area contributed by atoms with Gasteiger partial charge >= 0.3 is 0 Å². The van der Waals surface area contributed by atoms with Crippen molar-refractivity contribution in [2.75, 3.05) is 6.54 Å². The van der Waals surface area contributed by atoms with E-state index in [1.807, 2.05) is 31.2 Å². The van der Waals surface area contributed by atoms with Crippen LogP contribution < -0.4 is 4.74 Å². The highest BCUT2D eigenvalue weighted by Crippen LogP contribution is 2.30. The van der Waals surface area contributed by atoms with Crippen molar-refractivity contribution in [2.24, 2.45) is 0 Å². The van der Waals surface area contributed by atoms with Crippen molar-refractivity contribution >= 4 is 21.1 Å². The molecule has 1 aliphatic heterocycles. The Hall–Kier alpha value is -2.38. The summed E-state index contributed by atoms with van der Waals surface area (Å²) in [6, 6.07) is 11.0. The van der Waals surface area contributed by atoms with Crippen LogP contribution in [0.4, 0.5) is 0 Å². The SMILES string of the molecule is CC1CN(S(=O)(=O)c2c[nH]c3ncccc23)Cc2ccccc2O1. The molecule has 3 heterocycles. The summed E-state index contributed by atoms with van der Waals surface area (Å²) in [5.74, 6) is 0.739. The molecule has 4 rings (SSSR count). The van der Waals surface area contributed by atoms with Crippen LogP contribution in [0.25, 0.3) is 11.0 Å². The normalized spacial score (nSPS) is 18.8. The number of hydrogen-bond donors (Lipinski definition) is 1. The lowest BCUT2D eigenvalue weighted by Gasteiger charge is -2.21. The number of benzene rings is 1. The zero-order valence-electron chi connectivity index (χ0n) is 13.1. The highest BCUT2D eigenvalue weighted by atomic mass is 32.2. The number of pyridine rings is 1. The van der Waals surface area contributed by atoms with Crippen LogP contribution in [0.5, 0.6) is 5.75 Å². The van der Waals surface area contributed by atoms with Crippen molar-refractivity contribution in [3.8, 4) is 5.75 Å². The molecule has 1 unspecified atom stereocenters. The van der Waals surface area contributed by atoms with Gasteiger partial charge in [-0.15, -0.1) is 0 Å². The van der Waals surface area contributed by atoms with Crippen LogP contribution in [0, 0.1) is 0 Å². The first kappa shape index (κ1) is 15.2. The Morgan fingerprint density at radius 3 is 2.96 bits per heavy atom. The second-order valence-corrected chi connectivity index (χ2v) is 7.79. The first-order chi connectivity index (χ1) is 11.6. The molecule has 0 saturated carbocycles. The van der Waals surface area contributed by atoms with E-state index in [0.717, 1.165) is 11.3 Å². The molecule has 7 heteroatoms. The predicted octanol–water partition coefficient (Wildman–Crippen LogP) is 2.53. The standard InChI is InChI=1S/C17H17N3O3S/c1-12-10-20(11-13-5-2-3-7-15(13)23-12)24(21,22)16-9-19-17-14(16)6-4-8-18-17/h2-9,12H,10-11H2,1H3,(H,18,19). The maximum absolute atomic E-state index is 13.2. The maximum Gasteiger partial charge on any atom is 0.245 e. The highest BCUT2D eigenvalue weighted by molar-refractivity contribution is 7.89. The monoisotopic (exact) mass is 343 g/mol. The second kappa shape index (κ2) is 5.61. The summed E-state index contributed by atoms with van der Waals surface area (Å²) in [5.41, 5.74) is 1.43. The fraction of sp³-hybridized carbons (Fsp3) is 0.235. The molecule has 0 saturated heterocycles. The summed E-state index contributed by atoms with van der Waals surface area (Å²) < 4.78 is 33.7. The van der Waals surface area contributed by atoms with Gasteiger partial charge < -0.3 is 9.72 Å². The van der Waals surface area contributed by atoms with Crippen molar-refractivity contribution in [2.45, 2.75) is 24.5 Å². The summed E-state index contributed by atoms with van der Waals surface area (Å²) in [4.78, 5) is 7.35. The smallest absolute Gasteiger partial charge is 0.245 e. The molecule has 6 nitrogen and oxygen atoms in total. The Kier molecular flexibility index (Phi) is 3.54. The fourth-order valence-electron chi connectivity index (χ4n) is 3.01. The summed E-state index contributed by atoms with van der Waals surface area (Å²) in [6.45, 7) is 2.46. The number of hydrogen-bond acceptors (Lipinski definition) is 4. The molecule has 0 radical (unpaired) electrons. The van der Waals surface area contributed by atoms with Gasteiger partial charge in [0.1, 0.15) is 22.4 Å². The van der Waals surface area contributed by atoms with E-state index in [1.165, 1.54) is 10.5 Å². The van der Waals surface area contributed by atoms with Crippen LogP contribution in [-0.2, 0) is 16.6 Å². The second-order valence-electron chi connectivity index (χ2n) is 5.89. The number of nitrogens with one attached hydrogen (secondary N) is 1.